The van der Waals surface area contributed by atoms with Crippen LogP contribution in [-0.2, 0) is 10.3 Å². The monoisotopic (exact) mass is 266 g/mol. The Bertz CT molecular complexity index is 437. The fraction of sp³-hybridized carbons (Fsp3) is 0.714. The van der Waals surface area contributed by atoms with Crippen molar-refractivity contribution in [1.82, 2.24) is 15.1 Å². The largest absolute Gasteiger partial charge is 0.371 e. The average molecular weight is 266 g/mol. The van der Waals surface area contributed by atoms with Gasteiger partial charge in [-0.05, 0) is 48.5 Å². The summed E-state index contributed by atoms with van der Waals surface area (Å²) in [6.07, 6.45) is 3.66. The van der Waals surface area contributed by atoms with Gasteiger partial charge in [-0.2, -0.15) is 5.10 Å². The minimum atomic E-state index is -0.295. The van der Waals surface area contributed by atoms with Crippen molar-refractivity contribution in [2.75, 3.05) is 5.32 Å². The molecule has 1 unspecified atom stereocenters. The molecule has 5 heteroatoms. The zero-order chi connectivity index (χ0) is 14.8. The molecule has 5 nitrogen and oxygen atoms in total. The van der Waals surface area contributed by atoms with Gasteiger partial charge in [-0.25, -0.2) is 0 Å². The Hall–Kier alpha value is -1.52. The van der Waals surface area contributed by atoms with Gasteiger partial charge >= 0.3 is 0 Å². The number of nitrogens with zero attached hydrogens (tertiary/aromatic N) is 2. The summed E-state index contributed by atoms with van der Waals surface area (Å²) in [6.45, 7) is 14.0. The van der Waals surface area contributed by atoms with Crippen molar-refractivity contribution in [2.45, 2.75) is 65.6 Å². The first kappa shape index (κ1) is 15.5. The third kappa shape index (κ3) is 4.93. The van der Waals surface area contributed by atoms with E-state index < -0.39 is 0 Å². The first-order valence-electron chi connectivity index (χ1n) is 6.63. The Kier molecular flexibility index (Phi) is 4.28. The topological polar surface area (TPSA) is 59.0 Å². The SMILES string of the molecule is CC(Nc1cnn(C(C)(C)C)c1)C(=O)NC(C)(C)C. The highest BCUT2D eigenvalue weighted by atomic mass is 16.2. The Balaban J connectivity index is 2.65. The van der Waals surface area contributed by atoms with Crippen molar-refractivity contribution >= 4 is 11.6 Å². The van der Waals surface area contributed by atoms with Crippen LogP contribution >= 0.6 is 0 Å². The minimum Gasteiger partial charge on any atom is -0.371 e. The van der Waals surface area contributed by atoms with Gasteiger partial charge in [0.15, 0.2) is 0 Å². The third-order valence-corrected chi connectivity index (χ3v) is 2.54. The molecule has 1 heterocycles. The van der Waals surface area contributed by atoms with E-state index in [4.69, 9.17) is 0 Å². The van der Waals surface area contributed by atoms with E-state index in [0.717, 1.165) is 5.69 Å². The lowest BCUT2D eigenvalue weighted by atomic mass is 10.1. The van der Waals surface area contributed by atoms with E-state index in [9.17, 15) is 4.79 Å². The fourth-order valence-corrected chi connectivity index (χ4v) is 1.56. The van der Waals surface area contributed by atoms with Crippen LogP contribution in [0.2, 0.25) is 0 Å². The van der Waals surface area contributed by atoms with Gasteiger partial charge in [0.05, 0.1) is 17.4 Å². The molecule has 0 saturated carbocycles. The molecule has 0 spiro atoms. The first-order chi connectivity index (χ1) is 8.49. The van der Waals surface area contributed by atoms with E-state index in [1.165, 1.54) is 0 Å². The third-order valence-electron chi connectivity index (χ3n) is 2.54. The zero-order valence-electron chi connectivity index (χ0n) is 13.0. The molecule has 0 aliphatic heterocycles. The van der Waals surface area contributed by atoms with E-state index in [1.54, 1.807) is 6.20 Å². The molecule has 1 aromatic heterocycles. The highest BCUT2D eigenvalue weighted by Crippen LogP contribution is 2.16. The van der Waals surface area contributed by atoms with E-state index in [0.29, 0.717) is 0 Å². The lowest BCUT2D eigenvalue weighted by Gasteiger charge is -2.23. The van der Waals surface area contributed by atoms with Gasteiger partial charge in [0, 0.05) is 11.7 Å². The maximum absolute atomic E-state index is 12.0. The van der Waals surface area contributed by atoms with Crippen LogP contribution in [0.15, 0.2) is 12.4 Å². The number of carbonyl (C=O) groups excluding carboxylic acids is 1. The summed E-state index contributed by atoms with van der Waals surface area (Å²) in [5.41, 5.74) is 0.575. The molecule has 0 aromatic carbocycles. The van der Waals surface area contributed by atoms with Gasteiger partial charge in [-0.1, -0.05) is 0 Å². The summed E-state index contributed by atoms with van der Waals surface area (Å²) in [5.74, 6) is -0.0176. The van der Waals surface area contributed by atoms with Gasteiger partial charge in [0.25, 0.3) is 0 Å². The summed E-state index contributed by atoms with van der Waals surface area (Å²) >= 11 is 0. The molecule has 0 aliphatic carbocycles. The van der Waals surface area contributed by atoms with Crippen LogP contribution in [-0.4, -0.2) is 27.3 Å². The van der Waals surface area contributed by atoms with Crippen molar-refractivity contribution in [3.63, 3.8) is 0 Å². The van der Waals surface area contributed by atoms with Gasteiger partial charge in [0.1, 0.15) is 6.04 Å². The quantitative estimate of drug-likeness (QED) is 0.883. The fourth-order valence-electron chi connectivity index (χ4n) is 1.56. The molecule has 1 atom stereocenters. The maximum atomic E-state index is 12.0. The molecular weight excluding hydrogens is 240 g/mol. The van der Waals surface area contributed by atoms with Crippen LogP contribution < -0.4 is 10.6 Å². The van der Waals surface area contributed by atoms with Crippen molar-refractivity contribution in [3.05, 3.63) is 12.4 Å². The van der Waals surface area contributed by atoms with Crippen molar-refractivity contribution in [3.8, 4) is 0 Å². The lowest BCUT2D eigenvalue weighted by molar-refractivity contribution is -0.122. The number of amides is 1. The number of aromatic nitrogens is 2. The Labute approximate surface area is 115 Å². The molecule has 1 aromatic rings. The summed E-state index contributed by atoms with van der Waals surface area (Å²) in [7, 11) is 0. The molecule has 0 radical (unpaired) electrons. The molecule has 0 fully saturated rings. The predicted molar refractivity (Wildman–Crippen MR) is 78.2 cm³/mol. The molecule has 0 bridgehead atoms. The summed E-state index contributed by atoms with van der Waals surface area (Å²) in [5, 5.41) is 10.4. The van der Waals surface area contributed by atoms with E-state index in [-0.39, 0.29) is 23.0 Å². The van der Waals surface area contributed by atoms with E-state index in [1.807, 2.05) is 38.6 Å². The molecule has 108 valence electrons. The summed E-state index contributed by atoms with van der Waals surface area (Å²) in [6, 6.07) is -0.295. The number of carbonyl (C=O) groups is 1. The highest BCUT2D eigenvalue weighted by Gasteiger charge is 2.20. The van der Waals surface area contributed by atoms with Gasteiger partial charge in [0.2, 0.25) is 5.91 Å². The molecular formula is C14H26N4O. The van der Waals surface area contributed by atoms with Gasteiger partial charge < -0.3 is 10.6 Å². The Morgan fingerprint density at radius 1 is 1.26 bits per heavy atom. The van der Waals surface area contributed by atoms with Crippen molar-refractivity contribution in [1.29, 1.82) is 0 Å². The Morgan fingerprint density at radius 2 is 1.84 bits per heavy atom. The van der Waals surface area contributed by atoms with Gasteiger partial charge in [-0.15, -0.1) is 0 Å². The number of anilines is 1. The van der Waals surface area contributed by atoms with Crippen LogP contribution in [0.25, 0.3) is 0 Å². The molecule has 1 amide bonds. The predicted octanol–water partition coefficient (Wildman–Crippen LogP) is 2.35. The van der Waals surface area contributed by atoms with Crippen LogP contribution in [0.5, 0.6) is 0 Å². The van der Waals surface area contributed by atoms with Crippen molar-refractivity contribution in [2.24, 2.45) is 0 Å². The van der Waals surface area contributed by atoms with E-state index in [2.05, 4.69) is 36.5 Å². The normalized spacial score (nSPS) is 14.1. The number of rotatable bonds is 3. The van der Waals surface area contributed by atoms with Crippen LogP contribution in [0.4, 0.5) is 5.69 Å². The summed E-state index contributed by atoms with van der Waals surface area (Å²) < 4.78 is 1.88. The minimum absolute atomic E-state index is 0.0176. The van der Waals surface area contributed by atoms with Crippen LogP contribution in [0, 0.1) is 0 Å². The second kappa shape index (κ2) is 5.23. The highest BCUT2D eigenvalue weighted by molar-refractivity contribution is 5.84. The second-order valence-electron chi connectivity index (χ2n) is 6.95. The lowest BCUT2D eigenvalue weighted by Crippen LogP contribution is -2.47. The molecule has 19 heavy (non-hydrogen) atoms. The molecule has 1 rings (SSSR count). The molecule has 0 aliphatic rings. The zero-order valence-corrected chi connectivity index (χ0v) is 13.0. The number of hydrogen-bond donors (Lipinski definition) is 2. The van der Waals surface area contributed by atoms with Crippen LogP contribution in [0.3, 0.4) is 0 Å². The number of nitrogens with one attached hydrogen (secondary N) is 2. The molecule has 2 N–H and O–H groups in total. The summed E-state index contributed by atoms with van der Waals surface area (Å²) in [4.78, 5) is 12.0. The second-order valence-corrected chi connectivity index (χ2v) is 6.95. The Morgan fingerprint density at radius 3 is 2.26 bits per heavy atom. The van der Waals surface area contributed by atoms with Crippen molar-refractivity contribution < 1.29 is 4.79 Å². The maximum Gasteiger partial charge on any atom is 0.242 e. The van der Waals surface area contributed by atoms with E-state index >= 15 is 0 Å². The number of hydrogen-bond acceptors (Lipinski definition) is 3. The smallest absolute Gasteiger partial charge is 0.242 e. The first-order valence-corrected chi connectivity index (χ1v) is 6.63. The molecule has 0 saturated heterocycles. The van der Waals surface area contributed by atoms with Gasteiger partial charge in [-0.3, -0.25) is 9.48 Å². The average Bonchev–Trinajstić information content (AvgIpc) is 2.62. The van der Waals surface area contributed by atoms with Crippen LogP contribution in [0.1, 0.15) is 48.5 Å². The standard InChI is InChI=1S/C14H26N4O/c1-10(12(19)17-13(2,3)4)16-11-8-15-18(9-11)14(5,6)7/h8-10,16H,1-7H3,(H,17,19).